The molecular weight excluding hydrogens is 277 g/mol. The molecule has 1 aromatic heterocycles. The maximum absolute atomic E-state index is 12.2. The largest absolute Gasteiger partial charge is 0.408 e. The van der Waals surface area contributed by atoms with Gasteiger partial charge in [0.15, 0.2) is 0 Å². The molecule has 1 aliphatic rings. The van der Waals surface area contributed by atoms with Crippen LogP contribution < -0.4 is 10.6 Å². The third-order valence-electron chi connectivity index (χ3n) is 2.87. The fraction of sp³-hybridized carbons (Fsp3) is 0.636. The fourth-order valence-electron chi connectivity index (χ4n) is 1.90. The van der Waals surface area contributed by atoms with E-state index in [9.17, 15) is 18.0 Å². The van der Waals surface area contributed by atoms with Crippen molar-refractivity contribution < 1.29 is 22.7 Å². The van der Waals surface area contributed by atoms with Crippen molar-refractivity contribution in [2.75, 3.05) is 18.5 Å². The van der Waals surface area contributed by atoms with E-state index >= 15 is 0 Å². The fourth-order valence-corrected chi connectivity index (χ4v) is 1.90. The Morgan fingerprint density at radius 2 is 2.35 bits per heavy atom. The Bertz CT molecular complexity index is 480. The van der Waals surface area contributed by atoms with Gasteiger partial charge in [-0.15, -0.1) is 0 Å². The quantitative estimate of drug-likeness (QED) is 0.891. The van der Waals surface area contributed by atoms with Crippen molar-refractivity contribution in [3.8, 4) is 0 Å². The topological polar surface area (TPSA) is 68.2 Å². The van der Waals surface area contributed by atoms with Gasteiger partial charge in [-0.1, -0.05) is 0 Å². The zero-order chi connectivity index (χ0) is 14.8. The number of hydrogen-bond acceptors (Lipinski definition) is 3. The zero-order valence-corrected chi connectivity index (χ0v) is 10.8. The first kappa shape index (κ1) is 14.6. The first-order chi connectivity index (χ1) is 9.26. The highest BCUT2D eigenvalue weighted by atomic mass is 19.4. The van der Waals surface area contributed by atoms with E-state index in [4.69, 9.17) is 4.74 Å². The van der Waals surface area contributed by atoms with Crippen LogP contribution in [0.25, 0.3) is 0 Å². The van der Waals surface area contributed by atoms with Crippen molar-refractivity contribution in [2.24, 2.45) is 0 Å². The number of hydrogen-bond donors (Lipinski definition) is 2. The molecule has 112 valence electrons. The number of carbonyl (C=O) groups is 1. The standard InChI is InChI=1S/C11H15F3N4O2/c1-10(2-3-20-7-10)17-9(19)16-8-4-15-18(5-8)6-11(12,13)14/h4-5H,2-3,6-7H2,1H3,(H2,16,17,19)/t10-/m1/s1. The molecule has 1 atom stereocenters. The van der Waals surface area contributed by atoms with Crippen molar-refractivity contribution in [3.05, 3.63) is 12.4 Å². The zero-order valence-electron chi connectivity index (χ0n) is 10.8. The molecule has 1 saturated heterocycles. The molecule has 0 bridgehead atoms. The van der Waals surface area contributed by atoms with E-state index < -0.39 is 24.3 Å². The highest BCUT2D eigenvalue weighted by Crippen LogP contribution is 2.19. The molecule has 0 saturated carbocycles. The van der Waals surface area contributed by atoms with Gasteiger partial charge in [0.2, 0.25) is 0 Å². The third kappa shape index (κ3) is 4.12. The number of anilines is 1. The van der Waals surface area contributed by atoms with Crippen LogP contribution in [0.4, 0.5) is 23.7 Å². The molecule has 2 rings (SSSR count). The highest BCUT2D eigenvalue weighted by molar-refractivity contribution is 5.89. The maximum Gasteiger partial charge on any atom is 0.408 e. The van der Waals surface area contributed by atoms with Crippen LogP contribution in [0.15, 0.2) is 12.4 Å². The van der Waals surface area contributed by atoms with Gasteiger partial charge in [0, 0.05) is 12.8 Å². The number of amides is 2. The number of urea groups is 1. The number of nitrogens with zero attached hydrogens (tertiary/aromatic N) is 2. The van der Waals surface area contributed by atoms with E-state index in [0.29, 0.717) is 19.6 Å². The lowest BCUT2D eigenvalue weighted by Crippen LogP contribution is -2.48. The van der Waals surface area contributed by atoms with Crippen LogP contribution in [0.5, 0.6) is 0 Å². The molecule has 9 heteroatoms. The van der Waals surface area contributed by atoms with Gasteiger partial charge in [-0.3, -0.25) is 4.68 Å². The van der Waals surface area contributed by atoms with Crippen LogP contribution in [0.1, 0.15) is 13.3 Å². The summed E-state index contributed by atoms with van der Waals surface area (Å²) in [4.78, 5) is 11.7. The van der Waals surface area contributed by atoms with E-state index in [-0.39, 0.29) is 5.69 Å². The van der Waals surface area contributed by atoms with Crippen LogP contribution in [0, 0.1) is 0 Å². The predicted octanol–water partition coefficient (Wildman–Crippen LogP) is 1.75. The van der Waals surface area contributed by atoms with E-state index in [1.807, 2.05) is 6.92 Å². The Morgan fingerprint density at radius 1 is 1.60 bits per heavy atom. The van der Waals surface area contributed by atoms with Gasteiger partial charge < -0.3 is 15.4 Å². The summed E-state index contributed by atoms with van der Waals surface area (Å²) >= 11 is 0. The molecule has 1 aromatic rings. The van der Waals surface area contributed by atoms with E-state index in [0.717, 1.165) is 10.9 Å². The van der Waals surface area contributed by atoms with Gasteiger partial charge >= 0.3 is 12.2 Å². The number of nitrogens with one attached hydrogen (secondary N) is 2. The number of rotatable bonds is 3. The minimum absolute atomic E-state index is 0.203. The van der Waals surface area contributed by atoms with Gasteiger partial charge in [0.25, 0.3) is 0 Å². The predicted molar refractivity (Wildman–Crippen MR) is 64.3 cm³/mol. The second kappa shape index (κ2) is 5.31. The molecule has 0 aliphatic carbocycles. The molecule has 6 nitrogen and oxygen atoms in total. The maximum atomic E-state index is 12.2. The van der Waals surface area contributed by atoms with E-state index in [1.54, 1.807) is 0 Å². The molecule has 1 fully saturated rings. The van der Waals surface area contributed by atoms with Crippen molar-refractivity contribution >= 4 is 11.7 Å². The highest BCUT2D eigenvalue weighted by Gasteiger charge is 2.31. The average Bonchev–Trinajstić information content (AvgIpc) is 2.86. The molecule has 0 aromatic carbocycles. The summed E-state index contributed by atoms with van der Waals surface area (Å²) in [5.74, 6) is 0. The van der Waals surface area contributed by atoms with Gasteiger partial charge in [-0.25, -0.2) is 4.79 Å². The second-order valence-corrected chi connectivity index (χ2v) is 4.98. The first-order valence-corrected chi connectivity index (χ1v) is 6.02. The molecule has 20 heavy (non-hydrogen) atoms. The SMILES string of the molecule is C[C@@]1(NC(=O)Nc2cnn(CC(F)(F)F)c2)CCOC1. The summed E-state index contributed by atoms with van der Waals surface area (Å²) in [6.45, 7) is 1.63. The van der Waals surface area contributed by atoms with Gasteiger partial charge in [-0.2, -0.15) is 18.3 Å². The minimum atomic E-state index is -4.35. The lowest BCUT2D eigenvalue weighted by Gasteiger charge is -2.23. The Kier molecular flexibility index (Phi) is 3.89. The molecule has 0 spiro atoms. The molecular formula is C11H15F3N4O2. The number of ether oxygens (including phenoxy) is 1. The Hall–Kier alpha value is -1.77. The normalized spacial score (nSPS) is 22.8. The summed E-state index contributed by atoms with van der Waals surface area (Å²) in [7, 11) is 0. The van der Waals surface area contributed by atoms with E-state index in [1.165, 1.54) is 6.20 Å². The number of carbonyl (C=O) groups excluding carboxylic acids is 1. The lowest BCUT2D eigenvalue weighted by atomic mass is 10.0. The number of halogens is 3. The molecule has 0 unspecified atom stereocenters. The molecule has 2 amide bonds. The van der Waals surface area contributed by atoms with Crippen molar-refractivity contribution in [1.82, 2.24) is 15.1 Å². The monoisotopic (exact) mass is 292 g/mol. The smallest absolute Gasteiger partial charge is 0.379 e. The lowest BCUT2D eigenvalue weighted by molar-refractivity contribution is -0.142. The van der Waals surface area contributed by atoms with Gasteiger partial charge in [-0.05, 0) is 13.3 Å². The average molecular weight is 292 g/mol. The first-order valence-electron chi connectivity index (χ1n) is 6.02. The van der Waals surface area contributed by atoms with Crippen molar-refractivity contribution in [3.63, 3.8) is 0 Å². The van der Waals surface area contributed by atoms with Gasteiger partial charge in [0.1, 0.15) is 6.54 Å². The summed E-state index contributed by atoms with van der Waals surface area (Å²) in [5, 5.41) is 8.70. The third-order valence-corrected chi connectivity index (χ3v) is 2.87. The molecule has 2 heterocycles. The molecule has 0 radical (unpaired) electrons. The number of aromatic nitrogens is 2. The van der Waals surface area contributed by atoms with E-state index in [2.05, 4.69) is 15.7 Å². The van der Waals surface area contributed by atoms with Crippen LogP contribution in [-0.4, -0.2) is 40.7 Å². The number of alkyl halides is 3. The van der Waals surface area contributed by atoms with Crippen molar-refractivity contribution in [2.45, 2.75) is 31.6 Å². The van der Waals surface area contributed by atoms with Gasteiger partial charge in [0.05, 0.1) is 24.0 Å². The minimum Gasteiger partial charge on any atom is -0.379 e. The summed E-state index contributed by atoms with van der Waals surface area (Å²) in [6.07, 6.45) is -1.37. The summed E-state index contributed by atoms with van der Waals surface area (Å²) < 4.78 is 42.4. The van der Waals surface area contributed by atoms with Crippen molar-refractivity contribution in [1.29, 1.82) is 0 Å². The second-order valence-electron chi connectivity index (χ2n) is 4.98. The molecule has 1 aliphatic heterocycles. The van der Waals surface area contributed by atoms with Crippen LogP contribution in [-0.2, 0) is 11.3 Å². The van der Waals surface area contributed by atoms with Crippen LogP contribution in [0.3, 0.4) is 0 Å². The summed E-state index contributed by atoms with van der Waals surface area (Å²) in [5.41, 5.74) is -0.249. The Labute approximate surface area is 113 Å². The molecule has 2 N–H and O–H groups in total. The summed E-state index contributed by atoms with van der Waals surface area (Å²) in [6, 6.07) is -0.496. The van der Waals surface area contributed by atoms with Crippen LogP contribution in [0.2, 0.25) is 0 Å². The Balaban J connectivity index is 1.88. The van der Waals surface area contributed by atoms with Crippen LogP contribution >= 0.6 is 0 Å². The Morgan fingerprint density at radius 3 is 2.95 bits per heavy atom.